The number of hydrogen-bond acceptors (Lipinski definition) is 4. The van der Waals surface area contributed by atoms with Gasteiger partial charge in [0.05, 0.1) is 11.9 Å². The molecule has 1 amide bonds. The van der Waals surface area contributed by atoms with Gasteiger partial charge in [-0.15, -0.1) is 0 Å². The SMILES string of the molecule is CSCC(=O)N1C[C@@H](Cc2ccncc2)[C@@H](O)C1. The fraction of sp³-hybridized carbons (Fsp3) is 0.538. The van der Waals surface area contributed by atoms with E-state index in [1.807, 2.05) is 18.4 Å². The van der Waals surface area contributed by atoms with E-state index in [4.69, 9.17) is 0 Å². The molecule has 2 atom stereocenters. The molecule has 1 aromatic rings. The Kier molecular flexibility index (Phi) is 4.60. The van der Waals surface area contributed by atoms with E-state index in [2.05, 4.69) is 4.98 Å². The maximum atomic E-state index is 11.8. The minimum atomic E-state index is -0.413. The lowest BCUT2D eigenvalue weighted by molar-refractivity contribution is -0.127. The largest absolute Gasteiger partial charge is 0.391 e. The van der Waals surface area contributed by atoms with E-state index in [0.29, 0.717) is 18.8 Å². The fourth-order valence-corrected chi connectivity index (χ4v) is 2.72. The molecule has 1 fully saturated rings. The normalized spacial score (nSPS) is 23.3. The van der Waals surface area contributed by atoms with Gasteiger partial charge in [0.25, 0.3) is 0 Å². The predicted molar refractivity (Wildman–Crippen MR) is 72.4 cm³/mol. The summed E-state index contributed by atoms with van der Waals surface area (Å²) >= 11 is 1.52. The smallest absolute Gasteiger partial charge is 0.232 e. The van der Waals surface area contributed by atoms with Crippen molar-refractivity contribution >= 4 is 17.7 Å². The number of pyridine rings is 1. The molecule has 2 heterocycles. The van der Waals surface area contributed by atoms with Gasteiger partial charge in [0.2, 0.25) is 5.91 Å². The first-order valence-electron chi connectivity index (χ1n) is 6.04. The number of likely N-dealkylation sites (tertiary alicyclic amines) is 1. The number of β-amino-alcohol motifs (C(OH)–C–C–N with tert-alkyl or cyclic N) is 1. The van der Waals surface area contributed by atoms with Crippen molar-refractivity contribution in [2.45, 2.75) is 12.5 Å². The summed E-state index contributed by atoms with van der Waals surface area (Å²) in [5.41, 5.74) is 1.16. The molecular formula is C13H18N2O2S. The van der Waals surface area contributed by atoms with E-state index in [-0.39, 0.29) is 11.8 Å². The van der Waals surface area contributed by atoms with Crippen LogP contribution in [0.3, 0.4) is 0 Å². The summed E-state index contributed by atoms with van der Waals surface area (Å²) in [7, 11) is 0. The van der Waals surface area contributed by atoms with Gasteiger partial charge >= 0.3 is 0 Å². The molecule has 0 saturated carbocycles. The van der Waals surface area contributed by atoms with Crippen LogP contribution in [0.25, 0.3) is 0 Å². The van der Waals surface area contributed by atoms with Crippen molar-refractivity contribution in [3.63, 3.8) is 0 Å². The number of thioether (sulfide) groups is 1. The topological polar surface area (TPSA) is 53.4 Å². The molecule has 18 heavy (non-hydrogen) atoms. The number of carbonyl (C=O) groups is 1. The van der Waals surface area contributed by atoms with Crippen LogP contribution < -0.4 is 0 Å². The van der Waals surface area contributed by atoms with E-state index >= 15 is 0 Å². The van der Waals surface area contributed by atoms with Gasteiger partial charge in [0, 0.05) is 31.4 Å². The molecule has 1 aliphatic rings. The quantitative estimate of drug-likeness (QED) is 0.876. The number of aromatic nitrogens is 1. The number of carbonyl (C=O) groups excluding carboxylic acids is 1. The van der Waals surface area contributed by atoms with Crippen LogP contribution >= 0.6 is 11.8 Å². The molecule has 0 radical (unpaired) electrons. The average Bonchev–Trinajstić information content (AvgIpc) is 2.73. The van der Waals surface area contributed by atoms with Gasteiger partial charge in [-0.05, 0) is 30.4 Å². The maximum Gasteiger partial charge on any atom is 0.232 e. The molecule has 5 heteroatoms. The molecule has 0 spiro atoms. The Morgan fingerprint density at radius 3 is 2.89 bits per heavy atom. The van der Waals surface area contributed by atoms with E-state index in [0.717, 1.165) is 12.0 Å². The predicted octanol–water partition coefficient (Wildman–Crippen LogP) is 0.806. The Hall–Kier alpha value is -1.07. The third-order valence-corrected chi connectivity index (χ3v) is 3.81. The summed E-state index contributed by atoms with van der Waals surface area (Å²) < 4.78 is 0. The first-order chi connectivity index (χ1) is 8.70. The number of aliphatic hydroxyl groups excluding tert-OH is 1. The molecular weight excluding hydrogens is 248 g/mol. The van der Waals surface area contributed by atoms with Crippen LogP contribution in [0.15, 0.2) is 24.5 Å². The lowest BCUT2D eigenvalue weighted by Crippen LogP contribution is -2.31. The van der Waals surface area contributed by atoms with Crippen molar-refractivity contribution in [1.82, 2.24) is 9.88 Å². The Balaban J connectivity index is 1.93. The van der Waals surface area contributed by atoms with Crippen LogP contribution in [-0.4, -0.2) is 52.1 Å². The second-order valence-electron chi connectivity index (χ2n) is 4.62. The lowest BCUT2D eigenvalue weighted by atomic mass is 9.97. The minimum Gasteiger partial charge on any atom is -0.391 e. The second-order valence-corrected chi connectivity index (χ2v) is 5.48. The molecule has 4 nitrogen and oxygen atoms in total. The van der Waals surface area contributed by atoms with E-state index in [9.17, 15) is 9.90 Å². The third kappa shape index (κ3) is 3.23. The van der Waals surface area contributed by atoms with Gasteiger partial charge < -0.3 is 10.0 Å². The zero-order chi connectivity index (χ0) is 13.0. The monoisotopic (exact) mass is 266 g/mol. The number of aliphatic hydroxyl groups is 1. The van der Waals surface area contributed by atoms with E-state index in [1.165, 1.54) is 11.8 Å². The van der Waals surface area contributed by atoms with Gasteiger partial charge in [-0.25, -0.2) is 0 Å². The summed E-state index contributed by atoms with van der Waals surface area (Å²) in [5.74, 6) is 0.756. The summed E-state index contributed by atoms with van der Waals surface area (Å²) in [4.78, 5) is 17.5. The van der Waals surface area contributed by atoms with Gasteiger partial charge in [-0.1, -0.05) is 0 Å². The first-order valence-corrected chi connectivity index (χ1v) is 7.43. The van der Waals surface area contributed by atoms with Crippen LogP contribution in [0.2, 0.25) is 0 Å². The van der Waals surface area contributed by atoms with Crippen LogP contribution in [-0.2, 0) is 11.2 Å². The average molecular weight is 266 g/mol. The molecule has 1 aliphatic heterocycles. The van der Waals surface area contributed by atoms with Gasteiger partial charge in [0.1, 0.15) is 0 Å². The molecule has 0 unspecified atom stereocenters. The van der Waals surface area contributed by atoms with Crippen LogP contribution in [0.5, 0.6) is 0 Å². The molecule has 98 valence electrons. The Morgan fingerprint density at radius 2 is 2.22 bits per heavy atom. The van der Waals surface area contributed by atoms with E-state index in [1.54, 1.807) is 17.3 Å². The first kappa shape index (κ1) is 13.4. The van der Waals surface area contributed by atoms with Crippen LogP contribution in [0, 0.1) is 5.92 Å². The van der Waals surface area contributed by atoms with E-state index < -0.39 is 6.10 Å². The molecule has 0 aliphatic carbocycles. The Morgan fingerprint density at radius 1 is 1.50 bits per heavy atom. The van der Waals surface area contributed by atoms with Crippen molar-refractivity contribution < 1.29 is 9.90 Å². The number of rotatable bonds is 4. The molecule has 1 saturated heterocycles. The van der Waals surface area contributed by atoms with Crippen molar-refractivity contribution in [2.75, 3.05) is 25.1 Å². The number of amides is 1. The van der Waals surface area contributed by atoms with Crippen molar-refractivity contribution in [2.24, 2.45) is 5.92 Å². The highest BCUT2D eigenvalue weighted by molar-refractivity contribution is 7.99. The van der Waals surface area contributed by atoms with Gasteiger partial charge in [-0.2, -0.15) is 11.8 Å². The maximum absolute atomic E-state index is 11.8. The fourth-order valence-electron chi connectivity index (χ4n) is 2.29. The van der Waals surface area contributed by atoms with Gasteiger partial charge in [0.15, 0.2) is 0 Å². The minimum absolute atomic E-state index is 0.124. The molecule has 1 aromatic heterocycles. The Labute approximate surface area is 111 Å². The lowest BCUT2D eigenvalue weighted by Gasteiger charge is -2.15. The van der Waals surface area contributed by atoms with Crippen LogP contribution in [0.4, 0.5) is 0 Å². The summed E-state index contributed by atoms with van der Waals surface area (Å²) in [6.45, 7) is 1.12. The number of hydrogen-bond donors (Lipinski definition) is 1. The highest BCUT2D eigenvalue weighted by Gasteiger charge is 2.33. The van der Waals surface area contributed by atoms with Crippen LogP contribution in [0.1, 0.15) is 5.56 Å². The zero-order valence-electron chi connectivity index (χ0n) is 10.5. The third-order valence-electron chi connectivity index (χ3n) is 3.27. The van der Waals surface area contributed by atoms with Crippen molar-refractivity contribution in [3.05, 3.63) is 30.1 Å². The molecule has 0 bridgehead atoms. The zero-order valence-corrected chi connectivity index (χ0v) is 11.3. The standard InChI is InChI=1S/C13H18N2O2S/c1-18-9-13(17)15-7-11(12(16)8-15)6-10-2-4-14-5-3-10/h2-5,11-12,16H,6-9H2,1H3/t11-,12+/m1/s1. The summed E-state index contributed by atoms with van der Waals surface area (Å²) in [6.07, 6.45) is 5.82. The summed E-state index contributed by atoms with van der Waals surface area (Å²) in [5, 5.41) is 10.0. The molecule has 2 rings (SSSR count). The number of nitrogens with zero attached hydrogens (tertiary/aromatic N) is 2. The second kappa shape index (κ2) is 6.20. The highest BCUT2D eigenvalue weighted by Crippen LogP contribution is 2.21. The van der Waals surface area contributed by atoms with Crippen molar-refractivity contribution in [3.8, 4) is 0 Å². The highest BCUT2D eigenvalue weighted by atomic mass is 32.2. The summed E-state index contributed by atoms with van der Waals surface area (Å²) in [6, 6.07) is 3.91. The Bertz CT molecular complexity index is 399. The molecule has 1 N–H and O–H groups in total. The molecule has 0 aromatic carbocycles. The van der Waals surface area contributed by atoms with Gasteiger partial charge in [-0.3, -0.25) is 9.78 Å². The van der Waals surface area contributed by atoms with Crippen molar-refractivity contribution in [1.29, 1.82) is 0 Å².